The number of carbonyl (C=O) groups excluding carboxylic acids is 2. The van der Waals surface area contributed by atoms with Gasteiger partial charge in [-0.2, -0.15) is 25.3 Å². The quantitative estimate of drug-likeness (QED) is 0.0544. The fourth-order valence-electron chi connectivity index (χ4n) is 4.61. The number of nitrogens with two attached hydrogens (primary N) is 5. The maximum Gasteiger partial charge on any atom is 0.296 e. The molecule has 0 bridgehead atoms. The van der Waals surface area contributed by atoms with E-state index in [0.29, 0.717) is 39.0 Å². The van der Waals surface area contributed by atoms with Crippen molar-refractivity contribution in [3.05, 3.63) is 77.9 Å². The van der Waals surface area contributed by atoms with E-state index in [4.69, 9.17) is 42.3 Å². The molecule has 0 aromatic heterocycles. The van der Waals surface area contributed by atoms with Crippen LogP contribution in [-0.2, 0) is 30.4 Å². The molecule has 0 unspecified atom stereocenters. The van der Waals surface area contributed by atoms with Crippen LogP contribution in [0.2, 0.25) is 0 Å². The fourth-order valence-corrected chi connectivity index (χ4v) is 6.38. The third-order valence-corrected chi connectivity index (χ3v) is 9.62. The maximum atomic E-state index is 11.2. The first kappa shape index (κ1) is 36.1. The van der Waals surface area contributed by atoms with E-state index in [1.807, 2.05) is 0 Å². The Morgan fingerprint density at radius 3 is 1.63 bits per heavy atom. The van der Waals surface area contributed by atoms with Gasteiger partial charge in [-0.1, -0.05) is 6.07 Å². The van der Waals surface area contributed by atoms with Crippen LogP contribution in [0, 0.1) is 0 Å². The topological polar surface area (TPSA) is 360 Å². The zero-order valence-electron chi connectivity index (χ0n) is 24.5. The van der Waals surface area contributed by atoms with Gasteiger partial charge in [-0.25, -0.2) is 0 Å². The second-order valence-corrected chi connectivity index (χ2v) is 14.4. The van der Waals surface area contributed by atoms with E-state index >= 15 is 0 Å². The van der Waals surface area contributed by atoms with Crippen LogP contribution in [0.25, 0.3) is 21.5 Å². The number of imide groups is 1. The number of phenolic OH excluding ortho intramolecular Hbond substituents is 1. The first-order chi connectivity index (χ1) is 22.5. The molecule has 0 aliphatic carbocycles. The minimum atomic E-state index is -4.77. The summed E-state index contributed by atoms with van der Waals surface area (Å²) in [7, 11) is -13.6. The molecule has 1 aliphatic rings. The predicted molar refractivity (Wildman–Crippen MR) is 179 cm³/mol. The van der Waals surface area contributed by atoms with Crippen molar-refractivity contribution in [1.82, 2.24) is 5.32 Å². The summed E-state index contributed by atoms with van der Waals surface area (Å²) in [6, 6.07) is 14.8. The van der Waals surface area contributed by atoms with Gasteiger partial charge in [-0.05, 0) is 60.7 Å². The van der Waals surface area contributed by atoms with Gasteiger partial charge in [0.05, 0.1) is 27.4 Å². The summed E-state index contributed by atoms with van der Waals surface area (Å²) < 4.78 is 93.6. The number of carbonyl (C=O) groups is 2. The van der Waals surface area contributed by atoms with Crippen molar-refractivity contribution in [2.24, 2.45) is 0 Å². The number of fused-ring (bicyclic) bond motifs is 3. The highest BCUT2D eigenvalue weighted by Crippen LogP contribution is 2.40. The Bertz CT molecular complexity index is 2560. The zero-order valence-corrected chi connectivity index (χ0v) is 27.0. The summed E-state index contributed by atoms with van der Waals surface area (Å²) in [5.41, 5.74) is 28.9. The minimum absolute atomic E-state index is 0.0372. The summed E-state index contributed by atoms with van der Waals surface area (Å²) in [4.78, 5) is 20.4. The van der Waals surface area contributed by atoms with Gasteiger partial charge in [0.1, 0.15) is 15.5 Å². The number of anilines is 5. The monoisotopic (exact) mass is 734 g/mol. The lowest BCUT2D eigenvalue weighted by Gasteiger charge is -2.12. The van der Waals surface area contributed by atoms with E-state index in [1.165, 1.54) is 24.3 Å². The van der Waals surface area contributed by atoms with Gasteiger partial charge in [0.25, 0.3) is 42.2 Å². The third kappa shape index (κ3) is 7.40. The number of nitrogen functional groups attached to an aromatic ring is 5. The number of benzene rings is 5. The van der Waals surface area contributed by atoms with Crippen molar-refractivity contribution in [1.29, 1.82) is 0 Å². The van der Waals surface area contributed by atoms with Crippen LogP contribution in [0.5, 0.6) is 5.75 Å². The molecule has 15 N–H and O–H groups in total. The average molecular weight is 735 g/mol. The molecule has 0 saturated heterocycles. The Morgan fingerprint density at radius 1 is 0.510 bits per heavy atom. The lowest BCUT2D eigenvalue weighted by atomic mass is 10.1. The molecule has 0 spiro atoms. The van der Waals surface area contributed by atoms with Crippen molar-refractivity contribution >= 4 is 92.2 Å². The maximum absolute atomic E-state index is 11.2. The van der Waals surface area contributed by atoms with Crippen LogP contribution < -0.4 is 34.0 Å². The van der Waals surface area contributed by atoms with Gasteiger partial charge in [0, 0.05) is 38.6 Å². The number of phenols is 1. The average Bonchev–Trinajstić information content (AvgIpc) is 3.27. The molecule has 1 heterocycles. The molecule has 0 atom stereocenters. The lowest BCUT2D eigenvalue weighted by molar-refractivity contribution is 0.0879. The van der Waals surface area contributed by atoms with Crippen LogP contribution in [-0.4, -0.2) is 55.8 Å². The lowest BCUT2D eigenvalue weighted by Crippen LogP contribution is -2.19. The molecule has 2 amide bonds. The second kappa shape index (κ2) is 12.7. The first-order valence-electron chi connectivity index (χ1n) is 13.1. The highest BCUT2D eigenvalue weighted by Gasteiger charge is 2.26. The van der Waals surface area contributed by atoms with Crippen molar-refractivity contribution in [2.75, 3.05) is 28.7 Å². The number of hydrogen-bond donors (Lipinski definition) is 10. The van der Waals surface area contributed by atoms with Crippen LogP contribution in [0.1, 0.15) is 20.7 Å². The van der Waals surface area contributed by atoms with Crippen LogP contribution in [0.3, 0.4) is 0 Å². The largest absolute Gasteiger partial charge is 0.505 e. The van der Waals surface area contributed by atoms with E-state index in [-0.39, 0.29) is 27.5 Å². The van der Waals surface area contributed by atoms with E-state index in [0.717, 1.165) is 18.2 Å². The molecule has 18 nitrogen and oxygen atoms in total. The number of aromatic hydroxyl groups is 1. The molecule has 21 heteroatoms. The van der Waals surface area contributed by atoms with Crippen molar-refractivity contribution in [3.63, 3.8) is 0 Å². The minimum Gasteiger partial charge on any atom is -0.505 e. The van der Waals surface area contributed by atoms with Crippen LogP contribution in [0.15, 0.2) is 81.4 Å². The van der Waals surface area contributed by atoms with Gasteiger partial charge in [0.2, 0.25) is 0 Å². The summed E-state index contributed by atoms with van der Waals surface area (Å²) in [6.07, 6.45) is 0. The Kier molecular flexibility index (Phi) is 9.38. The number of amides is 2. The highest BCUT2D eigenvalue weighted by atomic mass is 32.2. The van der Waals surface area contributed by atoms with Gasteiger partial charge in [-0.15, -0.1) is 0 Å². The SMILES string of the molecule is Nc1c(S(=O)(=O)O)cc2c(N)c(S(=O)(=O)O)ccc2c1O.Nc1ccc(N)c2cc(S(=O)(=O)O)ccc12.Nc1ccc2c(c1)C(=O)NC2=O. The molecule has 0 fully saturated rings. The summed E-state index contributed by atoms with van der Waals surface area (Å²) >= 11 is 0. The first-order valence-corrected chi connectivity index (χ1v) is 17.4. The molecule has 6 rings (SSSR count). The Morgan fingerprint density at radius 2 is 1.06 bits per heavy atom. The molecule has 1 aliphatic heterocycles. The van der Waals surface area contributed by atoms with Gasteiger partial charge < -0.3 is 33.8 Å². The summed E-state index contributed by atoms with van der Waals surface area (Å²) in [6.45, 7) is 0. The number of rotatable bonds is 3. The second-order valence-electron chi connectivity index (χ2n) is 10.2. The van der Waals surface area contributed by atoms with Gasteiger partial charge in [0.15, 0.2) is 0 Å². The molecule has 0 saturated carbocycles. The zero-order chi connectivity index (χ0) is 36.8. The van der Waals surface area contributed by atoms with Gasteiger partial charge in [-0.3, -0.25) is 28.6 Å². The Hall–Kier alpha value is -5.71. The van der Waals surface area contributed by atoms with E-state index in [9.17, 15) is 39.9 Å². The predicted octanol–water partition coefficient (Wildman–Crippen LogP) is 1.61. The van der Waals surface area contributed by atoms with E-state index < -0.39 is 57.3 Å². The molecule has 5 aromatic rings. The molecular weight excluding hydrogens is 709 g/mol. The van der Waals surface area contributed by atoms with E-state index in [2.05, 4.69) is 5.32 Å². The van der Waals surface area contributed by atoms with Crippen LogP contribution >= 0.6 is 0 Å². The Balaban J connectivity index is 0.000000172. The van der Waals surface area contributed by atoms with Crippen molar-refractivity contribution in [2.45, 2.75) is 14.7 Å². The third-order valence-electron chi connectivity index (χ3n) is 6.97. The number of nitrogens with one attached hydrogen (secondary N) is 1. The van der Waals surface area contributed by atoms with E-state index in [1.54, 1.807) is 24.3 Å². The summed E-state index contributed by atoms with van der Waals surface area (Å²) in [5.74, 6) is -1.41. The van der Waals surface area contributed by atoms with Crippen molar-refractivity contribution in [3.8, 4) is 5.75 Å². The smallest absolute Gasteiger partial charge is 0.296 e. The molecule has 0 radical (unpaired) electrons. The molecule has 5 aromatic carbocycles. The fraction of sp³-hybridized carbons (Fsp3) is 0. The van der Waals surface area contributed by atoms with Crippen LogP contribution in [0.4, 0.5) is 28.4 Å². The normalized spacial score (nSPS) is 12.8. The Labute approximate surface area is 277 Å². The standard InChI is InChI=1S/C10H10N2O7S2.C10H10N2O3S.C8H6N2O2/c11-8-5-3-7(21(17,18)19)9(12)10(13)4(5)1-2-6(8)20(14,15)16;11-9-3-4-10(12)8-5-6(16(13,14)15)1-2-7(8)9;9-4-1-2-5-6(3-4)8(12)10-7(5)11/h1-3,13H,11-12H2,(H,14,15,16)(H,17,18,19);1-5H,11-12H2,(H,13,14,15);1-3H,9H2,(H,10,11,12). The molecule has 258 valence electrons. The van der Waals surface area contributed by atoms with Gasteiger partial charge >= 0.3 is 0 Å². The van der Waals surface area contributed by atoms with Crippen molar-refractivity contribution < 1.29 is 53.6 Å². The highest BCUT2D eigenvalue weighted by molar-refractivity contribution is 7.86. The summed E-state index contributed by atoms with van der Waals surface area (Å²) in [5, 5.41) is 13.0. The number of hydrogen-bond acceptors (Lipinski definition) is 14. The molecular formula is C28H26N6O12S3. The molecule has 49 heavy (non-hydrogen) atoms.